The number of thioether (sulfide) groups is 2. The molecule has 1 aliphatic rings. The van der Waals surface area contributed by atoms with E-state index in [0.29, 0.717) is 0 Å². The van der Waals surface area contributed by atoms with Crippen LogP contribution in [0.1, 0.15) is 0 Å². The zero-order valence-corrected chi connectivity index (χ0v) is 10.3. The van der Waals surface area contributed by atoms with E-state index in [1.807, 2.05) is 46.2 Å². The molecule has 5 heteroatoms. The zero-order valence-electron chi connectivity index (χ0n) is 6.99. The highest BCUT2D eigenvalue weighted by Crippen LogP contribution is 2.40. The van der Waals surface area contributed by atoms with Gasteiger partial charge >= 0.3 is 3.98 Å². The Balaban J connectivity index is 2.52. The number of hydrogen-bond donors (Lipinski definition) is 0. The van der Waals surface area contributed by atoms with Crippen LogP contribution in [-0.4, -0.2) is 25.6 Å². The Morgan fingerprint density at radius 3 is 1.92 bits per heavy atom. The van der Waals surface area contributed by atoms with Gasteiger partial charge in [-0.05, 0) is 22.7 Å². The fourth-order valence-corrected chi connectivity index (χ4v) is 6.65. The normalized spacial score (nSPS) is 15.8. The first-order valence-corrected chi connectivity index (χ1v) is 7.27. The number of rotatable bonds is 0. The molecule has 0 saturated carbocycles. The van der Waals surface area contributed by atoms with Gasteiger partial charge in [0.2, 0.25) is 0 Å². The second-order valence-corrected chi connectivity index (χ2v) is 7.62. The van der Waals surface area contributed by atoms with Crippen LogP contribution in [0.15, 0.2) is 8.42 Å². The van der Waals surface area contributed by atoms with E-state index in [-0.39, 0.29) is 0 Å². The van der Waals surface area contributed by atoms with Crippen molar-refractivity contribution in [1.82, 2.24) is 4.58 Å². The van der Waals surface area contributed by atoms with Gasteiger partial charge in [-0.3, -0.25) is 0 Å². The van der Waals surface area contributed by atoms with Gasteiger partial charge in [0, 0.05) is 11.5 Å². The van der Waals surface area contributed by atoms with Gasteiger partial charge in [-0.25, -0.2) is 4.58 Å². The lowest BCUT2D eigenvalue weighted by Crippen LogP contribution is -2.14. The predicted molar refractivity (Wildman–Crippen MR) is 60.8 cm³/mol. The first-order valence-electron chi connectivity index (χ1n) is 3.67. The number of nitrogens with zero attached hydrogens (tertiary/aromatic N) is 1. The fraction of sp³-hybridized carbons (Fsp3) is 0.571. The third kappa shape index (κ3) is 1.73. The fourth-order valence-electron chi connectivity index (χ4n) is 0.891. The Bertz CT molecular complexity index is 318. The van der Waals surface area contributed by atoms with Gasteiger partial charge in [0.25, 0.3) is 0 Å². The summed E-state index contributed by atoms with van der Waals surface area (Å²) in [5.41, 5.74) is 0. The van der Waals surface area contributed by atoms with E-state index in [0.717, 1.165) is 0 Å². The van der Waals surface area contributed by atoms with Crippen LogP contribution in [0.3, 0.4) is 0 Å². The molecule has 0 atom stereocenters. The topological polar surface area (TPSA) is 3.01 Å². The molecule has 0 amide bonds. The number of hydrogen-bond acceptors (Lipinski definition) is 4. The van der Waals surface area contributed by atoms with E-state index in [1.54, 1.807) is 0 Å². The van der Waals surface area contributed by atoms with Gasteiger partial charge in [-0.1, -0.05) is 0 Å². The van der Waals surface area contributed by atoms with Gasteiger partial charge in [0.05, 0.1) is 8.42 Å². The molecule has 1 aromatic rings. The van der Waals surface area contributed by atoms with Crippen LogP contribution in [0, 0.1) is 0 Å². The van der Waals surface area contributed by atoms with E-state index >= 15 is 0 Å². The maximum atomic E-state index is 2.20. The maximum absolute atomic E-state index is 2.20. The molecule has 0 saturated heterocycles. The molecule has 1 aliphatic heterocycles. The van der Waals surface area contributed by atoms with Crippen molar-refractivity contribution in [3.8, 4) is 0 Å². The molecule has 0 spiro atoms. The molecule has 0 unspecified atom stereocenters. The predicted octanol–water partition coefficient (Wildman–Crippen LogP) is 2.04. The van der Waals surface area contributed by atoms with Gasteiger partial charge in [0.1, 0.15) is 14.1 Å². The van der Waals surface area contributed by atoms with Crippen molar-refractivity contribution >= 4 is 46.2 Å². The Hall–Kier alpha value is 0.550. The summed E-state index contributed by atoms with van der Waals surface area (Å²) in [6.07, 6.45) is 0. The van der Waals surface area contributed by atoms with Crippen molar-refractivity contribution < 1.29 is 0 Å². The summed E-state index contributed by atoms with van der Waals surface area (Å²) in [6, 6.07) is 0. The van der Waals surface area contributed by atoms with E-state index in [2.05, 4.69) is 18.7 Å². The summed E-state index contributed by atoms with van der Waals surface area (Å²) >= 11 is 7.88. The number of fused-ring (bicyclic) bond motifs is 1. The minimum Gasteiger partial charge on any atom is -0.217 e. The molecule has 12 heavy (non-hydrogen) atoms. The largest absolute Gasteiger partial charge is 0.315 e. The summed E-state index contributed by atoms with van der Waals surface area (Å²) in [4.78, 5) is 0. The average Bonchev–Trinajstić information content (AvgIpc) is 2.46. The Kier molecular flexibility index (Phi) is 2.84. The molecule has 0 bridgehead atoms. The van der Waals surface area contributed by atoms with Crippen molar-refractivity contribution in [2.24, 2.45) is 0 Å². The molecule has 1 aromatic heterocycles. The highest BCUT2D eigenvalue weighted by molar-refractivity contribution is 8.08. The standard InChI is InChI=1S/C7H10NS4/c1-8(2)7-11-5-6(12-7)10-4-3-9-5/h3-4H2,1-2H3/q+1. The van der Waals surface area contributed by atoms with Gasteiger partial charge < -0.3 is 0 Å². The zero-order chi connectivity index (χ0) is 8.55. The lowest BCUT2D eigenvalue weighted by atomic mass is 11.0. The SMILES string of the molecule is C[N+](C)=c1sc2c(s1)SCCS2. The quantitative estimate of drug-likeness (QED) is 0.634. The van der Waals surface area contributed by atoms with Gasteiger partial charge in [-0.2, -0.15) is 0 Å². The first kappa shape index (κ1) is 9.12. The van der Waals surface area contributed by atoms with Crippen LogP contribution in [0.4, 0.5) is 0 Å². The molecule has 66 valence electrons. The highest BCUT2D eigenvalue weighted by Gasteiger charge is 2.15. The van der Waals surface area contributed by atoms with E-state index in [4.69, 9.17) is 0 Å². The molecule has 2 rings (SSSR count). The smallest absolute Gasteiger partial charge is 0.217 e. The second kappa shape index (κ2) is 3.74. The molecule has 0 fully saturated rings. The molecule has 0 aromatic carbocycles. The molecule has 0 aliphatic carbocycles. The van der Waals surface area contributed by atoms with E-state index < -0.39 is 0 Å². The summed E-state index contributed by atoms with van der Waals surface area (Å²) < 4.78 is 6.68. The Morgan fingerprint density at radius 1 is 1.00 bits per heavy atom. The molecule has 1 nitrogen and oxygen atoms in total. The van der Waals surface area contributed by atoms with Crippen molar-refractivity contribution in [3.63, 3.8) is 0 Å². The molecule has 2 heterocycles. The van der Waals surface area contributed by atoms with Crippen LogP contribution in [0.25, 0.3) is 0 Å². The van der Waals surface area contributed by atoms with Crippen molar-refractivity contribution in [3.05, 3.63) is 3.98 Å². The van der Waals surface area contributed by atoms with Crippen LogP contribution >= 0.6 is 46.2 Å². The summed E-state index contributed by atoms with van der Waals surface area (Å²) in [7, 11) is 4.23. The van der Waals surface area contributed by atoms with Crippen LogP contribution in [-0.2, 0) is 0 Å². The van der Waals surface area contributed by atoms with Gasteiger partial charge in [-0.15, -0.1) is 23.5 Å². The van der Waals surface area contributed by atoms with Gasteiger partial charge in [0.15, 0.2) is 0 Å². The van der Waals surface area contributed by atoms with E-state index in [9.17, 15) is 0 Å². The van der Waals surface area contributed by atoms with E-state index in [1.165, 1.54) is 23.9 Å². The van der Waals surface area contributed by atoms with Crippen molar-refractivity contribution in [1.29, 1.82) is 0 Å². The third-order valence-electron chi connectivity index (χ3n) is 1.44. The lowest BCUT2D eigenvalue weighted by Gasteiger charge is -2.05. The molecular weight excluding hydrogens is 226 g/mol. The minimum atomic E-state index is 1.28. The second-order valence-electron chi connectivity index (χ2n) is 2.64. The first-order chi connectivity index (χ1) is 5.77. The molecule has 0 radical (unpaired) electrons. The lowest BCUT2D eigenvalue weighted by molar-refractivity contribution is 0.844. The van der Waals surface area contributed by atoms with Crippen molar-refractivity contribution in [2.75, 3.05) is 25.6 Å². The maximum Gasteiger partial charge on any atom is 0.315 e. The Morgan fingerprint density at radius 2 is 1.50 bits per heavy atom. The molecule has 0 N–H and O–H groups in total. The Labute approximate surface area is 88.5 Å². The van der Waals surface area contributed by atoms with Crippen LogP contribution in [0.5, 0.6) is 0 Å². The summed E-state index contributed by atoms with van der Waals surface area (Å²) in [5.74, 6) is 2.55. The molecular formula is C7H10NS4+. The minimum absolute atomic E-state index is 1.28. The summed E-state index contributed by atoms with van der Waals surface area (Å²) in [6.45, 7) is 0. The van der Waals surface area contributed by atoms with Crippen LogP contribution < -0.4 is 8.56 Å². The summed E-state index contributed by atoms with van der Waals surface area (Å²) in [5, 5.41) is 0. The third-order valence-corrected chi connectivity index (χ3v) is 7.53. The van der Waals surface area contributed by atoms with Crippen LogP contribution in [0.2, 0.25) is 0 Å². The average molecular weight is 236 g/mol. The highest BCUT2D eigenvalue weighted by atomic mass is 32.2. The van der Waals surface area contributed by atoms with Crippen molar-refractivity contribution in [2.45, 2.75) is 8.42 Å². The monoisotopic (exact) mass is 236 g/mol.